The lowest BCUT2D eigenvalue weighted by Gasteiger charge is -2.08. The molecule has 0 spiro atoms. The van der Waals surface area contributed by atoms with Crippen LogP contribution in [-0.2, 0) is 13.1 Å². The lowest BCUT2D eigenvalue weighted by atomic mass is 10.1. The fourth-order valence-corrected chi connectivity index (χ4v) is 2.08. The van der Waals surface area contributed by atoms with E-state index in [0.29, 0.717) is 6.54 Å². The normalized spacial score (nSPS) is 10.7. The molecular weight excluding hydrogens is 256 g/mol. The molecule has 6 nitrogen and oxygen atoms in total. The van der Waals surface area contributed by atoms with Crippen LogP contribution in [0.25, 0.3) is 0 Å². The minimum absolute atomic E-state index is 0.181. The van der Waals surface area contributed by atoms with Crippen LogP contribution in [0.15, 0.2) is 36.7 Å². The number of nitro benzene ring substituents is 1. The Balaban J connectivity index is 1.79. The highest BCUT2D eigenvalue weighted by atomic mass is 16.6. The van der Waals surface area contributed by atoms with Crippen molar-refractivity contribution in [1.82, 2.24) is 15.1 Å². The second-order valence-electron chi connectivity index (χ2n) is 4.62. The molecule has 2 aromatic rings. The quantitative estimate of drug-likeness (QED) is 0.477. The highest BCUT2D eigenvalue weighted by Crippen LogP contribution is 2.20. The number of benzene rings is 1. The van der Waals surface area contributed by atoms with Gasteiger partial charge in [0.1, 0.15) is 0 Å². The average molecular weight is 274 g/mol. The fourth-order valence-electron chi connectivity index (χ4n) is 2.08. The second kappa shape index (κ2) is 6.81. The molecule has 1 N–H and O–H groups in total. The van der Waals surface area contributed by atoms with Crippen molar-refractivity contribution >= 4 is 5.69 Å². The molecule has 1 aromatic heterocycles. The fraction of sp³-hybridized carbons (Fsp3) is 0.357. The Bertz CT molecular complexity index is 567. The summed E-state index contributed by atoms with van der Waals surface area (Å²) >= 11 is 0. The summed E-state index contributed by atoms with van der Waals surface area (Å²) in [6.07, 6.45) is 4.67. The van der Waals surface area contributed by atoms with E-state index in [-0.39, 0.29) is 10.6 Å². The first-order chi connectivity index (χ1) is 9.68. The lowest BCUT2D eigenvalue weighted by Crippen LogP contribution is -2.17. The Kier molecular flexibility index (Phi) is 4.84. The molecule has 0 aliphatic heterocycles. The van der Waals surface area contributed by atoms with Crippen LogP contribution in [0, 0.1) is 17.0 Å². The van der Waals surface area contributed by atoms with E-state index in [1.165, 1.54) is 6.07 Å². The van der Waals surface area contributed by atoms with Crippen molar-refractivity contribution < 1.29 is 4.92 Å². The van der Waals surface area contributed by atoms with Gasteiger partial charge in [0.05, 0.1) is 4.92 Å². The summed E-state index contributed by atoms with van der Waals surface area (Å²) in [5.41, 5.74) is 1.89. The third-order valence-corrected chi connectivity index (χ3v) is 3.23. The Morgan fingerprint density at radius 3 is 2.95 bits per heavy atom. The molecule has 0 atom stereocenters. The minimum atomic E-state index is -0.337. The molecule has 106 valence electrons. The van der Waals surface area contributed by atoms with Crippen molar-refractivity contribution in [3.63, 3.8) is 0 Å². The minimum Gasteiger partial charge on any atom is -0.313 e. The zero-order valence-corrected chi connectivity index (χ0v) is 11.5. The van der Waals surface area contributed by atoms with E-state index in [2.05, 4.69) is 10.4 Å². The van der Waals surface area contributed by atoms with Gasteiger partial charge in [-0.3, -0.25) is 14.8 Å². The molecular formula is C14H18N4O2. The maximum atomic E-state index is 10.9. The molecule has 0 saturated heterocycles. The Hall–Kier alpha value is -2.21. The molecule has 0 unspecified atom stereocenters. The van der Waals surface area contributed by atoms with E-state index < -0.39 is 0 Å². The first-order valence-electron chi connectivity index (χ1n) is 6.59. The maximum Gasteiger partial charge on any atom is 0.272 e. The number of nitro groups is 1. The van der Waals surface area contributed by atoms with Crippen LogP contribution in [0.4, 0.5) is 5.69 Å². The molecule has 0 aliphatic rings. The Morgan fingerprint density at radius 1 is 1.40 bits per heavy atom. The van der Waals surface area contributed by atoms with Crippen molar-refractivity contribution in [2.75, 3.05) is 6.54 Å². The standard InChI is InChI=1S/C14H18N4O2/c1-12-13(5-2-6-14(12)18(19)20)11-15-7-3-9-17-10-4-8-16-17/h2,4-6,8,10,15H,3,7,9,11H2,1H3. The van der Waals surface area contributed by atoms with Gasteiger partial charge in [-0.1, -0.05) is 12.1 Å². The summed E-state index contributed by atoms with van der Waals surface area (Å²) < 4.78 is 1.89. The van der Waals surface area contributed by atoms with Crippen molar-refractivity contribution in [3.8, 4) is 0 Å². The second-order valence-corrected chi connectivity index (χ2v) is 4.62. The SMILES string of the molecule is Cc1c(CNCCCn2cccn2)cccc1[N+](=O)[O-]. The monoisotopic (exact) mass is 274 g/mol. The summed E-state index contributed by atoms with van der Waals surface area (Å²) in [7, 11) is 0. The van der Waals surface area contributed by atoms with Crippen molar-refractivity contribution in [3.05, 3.63) is 57.9 Å². The molecule has 1 aromatic carbocycles. The van der Waals surface area contributed by atoms with Crippen LogP contribution >= 0.6 is 0 Å². The van der Waals surface area contributed by atoms with E-state index in [0.717, 1.165) is 30.6 Å². The molecule has 0 saturated carbocycles. The number of hydrogen-bond acceptors (Lipinski definition) is 4. The summed E-state index contributed by atoms with van der Waals surface area (Å²) in [4.78, 5) is 10.5. The number of nitrogens with zero attached hydrogens (tertiary/aromatic N) is 3. The molecule has 0 amide bonds. The molecule has 2 rings (SSSR count). The average Bonchev–Trinajstić information content (AvgIpc) is 2.93. The van der Waals surface area contributed by atoms with Gasteiger partial charge in [-0.25, -0.2) is 0 Å². The van der Waals surface area contributed by atoms with Crippen LogP contribution in [0.1, 0.15) is 17.5 Å². The lowest BCUT2D eigenvalue weighted by molar-refractivity contribution is -0.385. The number of rotatable bonds is 7. The van der Waals surface area contributed by atoms with Gasteiger partial charge in [0.15, 0.2) is 0 Å². The molecule has 0 fully saturated rings. The zero-order valence-electron chi connectivity index (χ0n) is 11.5. The summed E-state index contributed by atoms with van der Waals surface area (Å²) in [5.74, 6) is 0. The highest BCUT2D eigenvalue weighted by molar-refractivity contribution is 5.44. The van der Waals surface area contributed by atoms with Gasteiger partial charge in [0.2, 0.25) is 0 Å². The van der Waals surface area contributed by atoms with Crippen LogP contribution in [-0.4, -0.2) is 21.2 Å². The molecule has 20 heavy (non-hydrogen) atoms. The summed E-state index contributed by atoms with van der Waals surface area (Å²) in [6.45, 7) is 4.15. The summed E-state index contributed by atoms with van der Waals surface area (Å²) in [5, 5.41) is 18.3. The highest BCUT2D eigenvalue weighted by Gasteiger charge is 2.12. The first kappa shape index (κ1) is 14.2. The summed E-state index contributed by atoms with van der Waals surface area (Å²) in [6, 6.07) is 7.09. The van der Waals surface area contributed by atoms with Crippen molar-refractivity contribution in [1.29, 1.82) is 0 Å². The van der Waals surface area contributed by atoms with Crippen LogP contribution in [0.2, 0.25) is 0 Å². The smallest absolute Gasteiger partial charge is 0.272 e. The van der Waals surface area contributed by atoms with Crippen LogP contribution in [0.5, 0.6) is 0 Å². The van der Waals surface area contributed by atoms with Gasteiger partial charge in [0.25, 0.3) is 5.69 Å². The van der Waals surface area contributed by atoms with Gasteiger partial charge in [0, 0.05) is 37.1 Å². The van der Waals surface area contributed by atoms with Crippen LogP contribution in [0.3, 0.4) is 0 Å². The predicted octanol–water partition coefficient (Wildman–Crippen LogP) is 2.28. The van der Waals surface area contributed by atoms with Crippen molar-refractivity contribution in [2.24, 2.45) is 0 Å². The largest absolute Gasteiger partial charge is 0.313 e. The first-order valence-corrected chi connectivity index (χ1v) is 6.59. The number of aryl methyl sites for hydroxylation is 1. The van der Waals surface area contributed by atoms with E-state index in [1.807, 2.05) is 23.0 Å². The van der Waals surface area contributed by atoms with Gasteiger partial charge < -0.3 is 5.32 Å². The third kappa shape index (κ3) is 3.64. The Morgan fingerprint density at radius 2 is 2.25 bits per heavy atom. The van der Waals surface area contributed by atoms with Gasteiger partial charge in [-0.05, 0) is 31.5 Å². The van der Waals surface area contributed by atoms with Crippen molar-refractivity contribution in [2.45, 2.75) is 26.4 Å². The van der Waals surface area contributed by atoms with E-state index in [4.69, 9.17) is 0 Å². The Labute approximate surface area is 117 Å². The van der Waals surface area contributed by atoms with Gasteiger partial charge in [-0.15, -0.1) is 0 Å². The van der Waals surface area contributed by atoms with E-state index in [1.54, 1.807) is 19.2 Å². The van der Waals surface area contributed by atoms with E-state index >= 15 is 0 Å². The third-order valence-electron chi connectivity index (χ3n) is 3.23. The zero-order chi connectivity index (χ0) is 14.4. The molecule has 6 heteroatoms. The number of aromatic nitrogens is 2. The van der Waals surface area contributed by atoms with Crippen LogP contribution < -0.4 is 5.32 Å². The van der Waals surface area contributed by atoms with Gasteiger partial charge >= 0.3 is 0 Å². The predicted molar refractivity (Wildman–Crippen MR) is 76.4 cm³/mol. The molecule has 0 bridgehead atoms. The molecule has 0 aliphatic carbocycles. The molecule has 0 radical (unpaired) electrons. The maximum absolute atomic E-state index is 10.9. The van der Waals surface area contributed by atoms with E-state index in [9.17, 15) is 10.1 Å². The number of hydrogen-bond donors (Lipinski definition) is 1. The van der Waals surface area contributed by atoms with Gasteiger partial charge in [-0.2, -0.15) is 5.10 Å². The topological polar surface area (TPSA) is 73.0 Å². The molecule has 1 heterocycles. The number of nitrogens with one attached hydrogen (secondary N) is 1.